The van der Waals surface area contributed by atoms with E-state index in [0.29, 0.717) is 0 Å². The van der Waals surface area contributed by atoms with Gasteiger partial charge in [0.05, 0.1) is 0 Å². The number of benzene rings is 2. The zero-order valence-electron chi connectivity index (χ0n) is 12.8. The average Bonchev–Trinajstić information content (AvgIpc) is 2.51. The molecule has 21 heavy (non-hydrogen) atoms. The molecular weight excluding hydrogens is 259 g/mol. The molecule has 0 N–H and O–H groups in total. The second-order valence-electron chi connectivity index (χ2n) is 5.12. The van der Waals surface area contributed by atoms with Crippen LogP contribution in [0.2, 0.25) is 0 Å². The third-order valence-corrected chi connectivity index (χ3v) is 3.29. The van der Waals surface area contributed by atoms with E-state index >= 15 is 0 Å². The third-order valence-electron chi connectivity index (χ3n) is 3.29. The molecule has 0 fully saturated rings. The number of rotatable bonds is 8. The Labute approximate surface area is 128 Å². The number of aryl methyl sites for hydroxylation is 2. The Kier molecular flexibility index (Phi) is 6.20. The standard InChI is InChI=1S/C18H22BO2/c1-3-5-15-7-11-17(12-8-15)20-19-21-18-13-9-16(6-4-2)10-14-18/h7-14H,3-6H2,1-2H3. The number of hydrogen-bond acceptors (Lipinski definition) is 2. The highest BCUT2D eigenvalue weighted by Gasteiger charge is 2.02. The predicted molar refractivity (Wildman–Crippen MR) is 87.9 cm³/mol. The Hall–Kier alpha value is -1.90. The van der Waals surface area contributed by atoms with E-state index in [4.69, 9.17) is 9.31 Å². The average molecular weight is 281 g/mol. The molecule has 2 rings (SSSR count). The van der Waals surface area contributed by atoms with Crippen molar-refractivity contribution in [2.75, 3.05) is 0 Å². The van der Waals surface area contributed by atoms with Crippen molar-refractivity contribution in [2.45, 2.75) is 39.5 Å². The van der Waals surface area contributed by atoms with Gasteiger partial charge in [-0.15, -0.1) is 0 Å². The van der Waals surface area contributed by atoms with E-state index in [9.17, 15) is 0 Å². The summed E-state index contributed by atoms with van der Waals surface area (Å²) in [5.74, 6) is 1.58. The molecule has 1 radical (unpaired) electrons. The summed E-state index contributed by atoms with van der Waals surface area (Å²) in [6, 6.07) is 16.2. The lowest BCUT2D eigenvalue weighted by atomic mass is 10.1. The fraction of sp³-hybridized carbons (Fsp3) is 0.333. The molecule has 109 valence electrons. The van der Waals surface area contributed by atoms with Gasteiger partial charge in [0, 0.05) is 0 Å². The SMILES string of the molecule is CCCc1ccc(O[B]Oc2ccc(CCC)cc2)cc1. The lowest BCUT2D eigenvalue weighted by molar-refractivity contribution is 0.459. The van der Waals surface area contributed by atoms with Crippen LogP contribution >= 0.6 is 0 Å². The molecule has 0 aromatic heterocycles. The molecule has 0 aliphatic rings. The van der Waals surface area contributed by atoms with Crippen LogP contribution < -0.4 is 9.31 Å². The molecule has 0 aliphatic carbocycles. The second-order valence-corrected chi connectivity index (χ2v) is 5.12. The molecule has 0 saturated carbocycles. The second kappa shape index (κ2) is 8.40. The molecule has 0 unspecified atom stereocenters. The van der Waals surface area contributed by atoms with Gasteiger partial charge in [-0.25, -0.2) is 0 Å². The van der Waals surface area contributed by atoms with E-state index in [1.54, 1.807) is 0 Å². The van der Waals surface area contributed by atoms with Crippen molar-refractivity contribution in [3.63, 3.8) is 0 Å². The molecule has 0 saturated heterocycles. The van der Waals surface area contributed by atoms with Gasteiger partial charge < -0.3 is 9.31 Å². The van der Waals surface area contributed by atoms with Gasteiger partial charge in [0.2, 0.25) is 0 Å². The van der Waals surface area contributed by atoms with Crippen LogP contribution in [-0.4, -0.2) is 7.69 Å². The van der Waals surface area contributed by atoms with Gasteiger partial charge in [0.1, 0.15) is 11.5 Å². The Balaban J connectivity index is 1.78. The van der Waals surface area contributed by atoms with Crippen LogP contribution in [0.4, 0.5) is 0 Å². The van der Waals surface area contributed by atoms with Crippen LogP contribution in [0, 0.1) is 0 Å². The summed E-state index contributed by atoms with van der Waals surface area (Å²) in [7, 11) is 1.38. The molecule has 0 atom stereocenters. The smallest absolute Gasteiger partial charge is 0.526 e. The van der Waals surface area contributed by atoms with Crippen LogP contribution in [0.25, 0.3) is 0 Å². The fourth-order valence-corrected chi connectivity index (χ4v) is 2.18. The molecule has 0 aliphatic heterocycles. The Morgan fingerprint density at radius 3 is 1.38 bits per heavy atom. The van der Waals surface area contributed by atoms with Gasteiger partial charge in [-0.3, -0.25) is 0 Å². The van der Waals surface area contributed by atoms with Crippen LogP contribution in [0.5, 0.6) is 11.5 Å². The van der Waals surface area contributed by atoms with Crippen molar-refractivity contribution in [3.8, 4) is 11.5 Å². The Morgan fingerprint density at radius 1 is 0.667 bits per heavy atom. The minimum Gasteiger partial charge on any atom is -0.526 e. The first-order valence-corrected chi connectivity index (χ1v) is 7.64. The van der Waals surface area contributed by atoms with Crippen LogP contribution in [0.15, 0.2) is 48.5 Å². The first-order chi connectivity index (χ1) is 10.3. The zero-order chi connectivity index (χ0) is 14.9. The summed E-state index contributed by atoms with van der Waals surface area (Å²) in [4.78, 5) is 0. The van der Waals surface area contributed by atoms with Gasteiger partial charge in [-0.2, -0.15) is 0 Å². The number of hydrogen-bond donors (Lipinski definition) is 0. The maximum atomic E-state index is 5.47. The van der Waals surface area contributed by atoms with E-state index in [-0.39, 0.29) is 0 Å². The topological polar surface area (TPSA) is 18.5 Å². The van der Waals surface area contributed by atoms with Crippen molar-refractivity contribution in [2.24, 2.45) is 0 Å². The van der Waals surface area contributed by atoms with Crippen LogP contribution in [0.3, 0.4) is 0 Å². The highest BCUT2D eigenvalue weighted by atomic mass is 16.6. The van der Waals surface area contributed by atoms with E-state index < -0.39 is 0 Å². The van der Waals surface area contributed by atoms with Gasteiger partial charge in [0.25, 0.3) is 0 Å². The molecule has 0 spiro atoms. The third kappa shape index (κ3) is 5.18. The van der Waals surface area contributed by atoms with Crippen LogP contribution in [0.1, 0.15) is 37.8 Å². The van der Waals surface area contributed by atoms with Gasteiger partial charge >= 0.3 is 7.69 Å². The summed E-state index contributed by atoms with van der Waals surface area (Å²) in [5.41, 5.74) is 2.66. The van der Waals surface area contributed by atoms with Crippen molar-refractivity contribution in [1.29, 1.82) is 0 Å². The monoisotopic (exact) mass is 281 g/mol. The quantitative estimate of drug-likeness (QED) is 0.659. The van der Waals surface area contributed by atoms with Gasteiger partial charge in [-0.05, 0) is 48.2 Å². The van der Waals surface area contributed by atoms with Crippen molar-refractivity contribution in [3.05, 3.63) is 59.7 Å². The summed E-state index contributed by atoms with van der Waals surface area (Å²) in [6.07, 6.45) is 4.52. The zero-order valence-corrected chi connectivity index (χ0v) is 12.8. The molecule has 2 aromatic rings. The molecule has 3 heteroatoms. The molecule has 0 amide bonds. The Morgan fingerprint density at radius 2 is 1.05 bits per heavy atom. The van der Waals surface area contributed by atoms with Gasteiger partial charge in [0.15, 0.2) is 0 Å². The van der Waals surface area contributed by atoms with Crippen molar-refractivity contribution < 1.29 is 9.31 Å². The van der Waals surface area contributed by atoms with E-state index in [1.165, 1.54) is 18.8 Å². The Bertz CT molecular complexity index is 470. The van der Waals surface area contributed by atoms with Gasteiger partial charge in [-0.1, -0.05) is 51.0 Å². The molecular formula is C18H22BO2. The maximum absolute atomic E-state index is 5.47. The largest absolute Gasteiger partial charge is 0.658 e. The highest BCUT2D eigenvalue weighted by Crippen LogP contribution is 2.15. The fourth-order valence-electron chi connectivity index (χ4n) is 2.18. The normalized spacial score (nSPS) is 10.2. The van der Waals surface area contributed by atoms with Crippen molar-refractivity contribution in [1.82, 2.24) is 0 Å². The molecule has 2 aromatic carbocycles. The lowest BCUT2D eigenvalue weighted by Gasteiger charge is -2.08. The lowest BCUT2D eigenvalue weighted by Crippen LogP contribution is -2.10. The summed E-state index contributed by atoms with van der Waals surface area (Å²) < 4.78 is 10.9. The minimum absolute atomic E-state index is 0.789. The summed E-state index contributed by atoms with van der Waals surface area (Å²) >= 11 is 0. The van der Waals surface area contributed by atoms with E-state index in [2.05, 4.69) is 38.1 Å². The predicted octanol–water partition coefficient (Wildman–Crippen LogP) is 4.58. The highest BCUT2D eigenvalue weighted by molar-refractivity contribution is 6.20. The van der Waals surface area contributed by atoms with E-state index in [1.807, 2.05) is 24.3 Å². The minimum atomic E-state index is 0.789. The van der Waals surface area contributed by atoms with Crippen LogP contribution in [-0.2, 0) is 12.8 Å². The first kappa shape index (κ1) is 15.5. The first-order valence-electron chi connectivity index (χ1n) is 7.64. The molecule has 0 bridgehead atoms. The maximum Gasteiger partial charge on any atom is 0.658 e. The van der Waals surface area contributed by atoms with Crippen molar-refractivity contribution >= 4 is 7.69 Å². The molecule has 0 heterocycles. The summed E-state index contributed by atoms with van der Waals surface area (Å²) in [6.45, 7) is 4.36. The van der Waals surface area contributed by atoms with E-state index in [0.717, 1.165) is 37.2 Å². The molecule has 2 nitrogen and oxygen atoms in total. The summed E-state index contributed by atoms with van der Waals surface area (Å²) in [5, 5.41) is 0.